The van der Waals surface area contributed by atoms with Gasteiger partial charge in [-0.2, -0.15) is 0 Å². The molecule has 0 amide bonds. The minimum atomic E-state index is -1.67. The van der Waals surface area contributed by atoms with Gasteiger partial charge in [0.1, 0.15) is 0 Å². The van der Waals surface area contributed by atoms with Gasteiger partial charge in [-0.1, -0.05) is 48.6 Å². The topological polar surface area (TPSA) is 55.4 Å². The SMILES string of the molecule is C1=Cc2cccc3cccc(c23)C1.CO[SiH](OC)OC.CO[SiH](OC)OC. The summed E-state index contributed by atoms with van der Waals surface area (Å²) < 4.78 is 28.5. The summed E-state index contributed by atoms with van der Waals surface area (Å²) >= 11 is 0. The molecule has 0 fully saturated rings. The number of hydrogen-bond acceptors (Lipinski definition) is 6. The molecule has 3 rings (SSSR count). The summed E-state index contributed by atoms with van der Waals surface area (Å²) in [4.78, 5) is 0. The van der Waals surface area contributed by atoms with Gasteiger partial charge in [0, 0.05) is 42.7 Å². The highest BCUT2D eigenvalue weighted by Gasteiger charge is 2.06. The van der Waals surface area contributed by atoms with Crippen molar-refractivity contribution in [1.82, 2.24) is 0 Å². The zero-order chi connectivity index (χ0) is 20.1. The minimum Gasteiger partial charge on any atom is -0.379 e. The lowest BCUT2D eigenvalue weighted by molar-refractivity contribution is 0.163. The molecule has 0 saturated carbocycles. The summed E-state index contributed by atoms with van der Waals surface area (Å²) in [5.74, 6) is 0. The molecule has 8 heteroatoms. The van der Waals surface area contributed by atoms with E-state index in [0.717, 1.165) is 6.42 Å². The summed E-state index contributed by atoms with van der Waals surface area (Å²) in [5.41, 5.74) is 2.81. The van der Waals surface area contributed by atoms with E-state index in [1.165, 1.54) is 21.9 Å². The van der Waals surface area contributed by atoms with Crippen LogP contribution in [-0.4, -0.2) is 61.7 Å². The van der Waals surface area contributed by atoms with E-state index in [1.54, 1.807) is 42.7 Å². The van der Waals surface area contributed by atoms with Gasteiger partial charge in [-0.25, -0.2) is 0 Å². The van der Waals surface area contributed by atoms with Crippen molar-refractivity contribution >= 4 is 35.9 Å². The zero-order valence-corrected chi connectivity index (χ0v) is 19.2. The van der Waals surface area contributed by atoms with E-state index in [-0.39, 0.29) is 0 Å². The van der Waals surface area contributed by atoms with Crippen molar-refractivity contribution in [3.63, 3.8) is 0 Å². The molecule has 0 atom stereocenters. The Hall–Kier alpha value is -1.37. The fourth-order valence-corrected chi connectivity index (χ4v) is 3.80. The van der Waals surface area contributed by atoms with E-state index < -0.39 is 19.1 Å². The highest BCUT2D eigenvalue weighted by atomic mass is 28.3. The monoisotopic (exact) mass is 410 g/mol. The Morgan fingerprint density at radius 2 is 1.15 bits per heavy atom. The van der Waals surface area contributed by atoms with Crippen molar-refractivity contribution in [3.05, 3.63) is 53.6 Å². The highest BCUT2D eigenvalue weighted by molar-refractivity contribution is 6.36. The lowest BCUT2D eigenvalue weighted by atomic mass is 9.93. The van der Waals surface area contributed by atoms with Crippen LogP contribution in [0.1, 0.15) is 11.1 Å². The van der Waals surface area contributed by atoms with E-state index in [1.807, 2.05) is 0 Å². The van der Waals surface area contributed by atoms with E-state index >= 15 is 0 Å². The van der Waals surface area contributed by atoms with Crippen molar-refractivity contribution < 1.29 is 26.6 Å². The van der Waals surface area contributed by atoms with Gasteiger partial charge in [0.05, 0.1) is 0 Å². The van der Waals surface area contributed by atoms with Crippen LogP contribution < -0.4 is 0 Å². The average Bonchev–Trinajstić information content (AvgIpc) is 2.72. The van der Waals surface area contributed by atoms with Crippen molar-refractivity contribution in [2.45, 2.75) is 6.42 Å². The van der Waals surface area contributed by atoms with Crippen LogP contribution in [0.2, 0.25) is 0 Å². The second-order valence-corrected chi connectivity index (χ2v) is 9.44. The quantitative estimate of drug-likeness (QED) is 0.683. The lowest BCUT2D eigenvalue weighted by Gasteiger charge is -2.11. The van der Waals surface area contributed by atoms with Gasteiger partial charge in [-0.3, -0.25) is 0 Å². The van der Waals surface area contributed by atoms with E-state index in [2.05, 4.69) is 48.6 Å². The molecular formula is C19H30O6Si2. The Balaban J connectivity index is 0.000000226. The normalized spacial score (nSPS) is 11.9. The Labute approximate surface area is 165 Å². The number of rotatable bonds is 6. The zero-order valence-electron chi connectivity index (χ0n) is 16.9. The second kappa shape index (κ2) is 13.7. The van der Waals surface area contributed by atoms with Crippen molar-refractivity contribution in [2.24, 2.45) is 0 Å². The molecule has 0 saturated heterocycles. The predicted molar refractivity (Wildman–Crippen MR) is 113 cm³/mol. The second-order valence-electron chi connectivity index (χ2n) is 5.46. The van der Waals surface area contributed by atoms with Crippen LogP contribution in [0.15, 0.2) is 42.5 Å². The maximum Gasteiger partial charge on any atom is 0.483 e. The first-order valence-electron chi connectivity index (χ1n) is 8.49. The smallest absolute Gasteiger partial charge is 0.379 e. The predicted octanol–water partition coefficient (Wildman–Crippen LogP) is 2.69. The van der Waals surface area contributed by atoms with Crippen LogP contribution in [0.25, 0.3) is 16.8 Å². The van der Waals surface area contributed by atoms with Crippen molar-refractivity contribution in [1.29, 1.82) is 0 Å². The summed E-state index contributed by atoms with van der Waals surface area (Å²) in [6.45, 7) is 0. The van der Waals surface area contributed by atoms with Crippen LogP contribution in [0, 0.1) is 0 Å². The molecule has 0 heterocycles. The lowest BCUT2D eigenvalue weighted by Crippen LogP contribution is -2.21. The fraction of sp³-hybridized carbons (Fsp3) is 0.368. The molecule has 27 heavy (non-hydrogen) atoms. The van der Waals surface area contributed by atoms with Crippen LogP contribution in [0.5, 0.6) is 0 Å². The summed E-state index contributed by atoms with van der Waals surface area (Å²) in [6.07, 6.45) is 5.53. The molecule has 0 spiro atoms. The Morgan fingerprint density at radius 3 is 1.59 bits per heavy atom. The standard InChI is InChI=1S/C13H10.2C3H10O3Si/c1-4-10-6-2-8-12-9-3-7-11(5-1)13(10)12;2*1-4-7(5-2)6-3/h1-8H,9H2;2*7H,1-3H3. The molecular weight excluding hydrogens is 380 g/mol. The number of benzene rings is 2. The van der Waals surface area contributed by atoms with Gasteiger partial charge in [0.15, 0.2) is 0 Å². The van der Waals surface area contributed by atoms with Crippen LogP contribution in [-0.2, 0) is 33.0 Å². The molecule has 1 aliphatic carbocycles. The van der Waals surface area contributed by atoms with Crippen molar-refractivity contribution in [2.75, 3.05) is 42.7 Å². The maximum absolute atomic E-state index is 4.74. The first kappa shape index (κ1) is 23.7. The summed E-state index contributed by atoms with van der Waals surface area (Å²) in [5, 5.41) is 2.80. The van der Waals surface area contributed by atoms with Gasteiger partial charge >= 0.3 is 19.1 Å². The van der Waals surface area contributed by atoms with Crippen LogP contribution in [0.3, 0.4) is 0 Å². The van der Waals surface area contributed by atoms with E-state index in [9.17, 15) is 0 Å². The van der Waals surface area contributed by atoms with Crippen LogP contribution in [0.4, 0.5) is 0 Å². The molecule has 0 N–H and O–H groups in total. The molecule has 2 aromatic rings. The third-order valence-corrected chi connectivity index (χ3v) is 6.12. The minimum absolute atomic E-state index is 1.08. The van der Waals surface area contributed by atoms with Gasteiger partial charge in [0.25, 0.3) is 0 Å². The number of allylic oxidation sites excluding steroid dienone is 1. The molecule has 150 valence electrons. The van der Waals surface area contributed by atoms with Crippen LogP contribution >= 0.6 is 0 Å². The highest BCUT2D eigenvalue weighted by Crippen LogP contribution is 2.27. The number of hydrogen-bond donors (Lipinski definition) is 0. The van der Waals surface area contributed by atoms with E-state index in [0.29, 0.717) is 0 Å². The van der Waals surface area contributed by atoms with Gasteiger partial charge in [-0.05, 0) is 28.3 Å². The van der Waals surface area contributed by atoms with Gasteiger partial charge in [-0.15, -0.1) is 0 Å². The van der Waals surface area contributed by atoms with Crippen molar-refractivity contribution in [3.8, 4) is 0 Å². The Bertz CT molecular complexity index is 659. The molecule has 0 bridgehead atoms. The van der Waals surface area contributed by atoms with E-state index in [4.69, 9.17) is 26.6 Å². The fourth-order valence-electron chi connectivity index (χ4n) is 2.65. The molecule has 0 unspecified atom stereocenters. The summed E-state index contributed by atoms with van der Waals surface area (Å²) in [6, 6.07) is 13.0. The first-order valence-corrected chi connectivity index (χ1v) is 11.3. The third kappa shape index (κ3) is 7.64. The molecule has 0 aromatic heterocycles. The largest absolute Gasteiger partial charge is 0.483 e. The third-order valence-electron chi connectivity index (χ3n) is 3.81. The summed E-state index contributed by atoms with van der Waals surface area (Å²) in [7, 11) is 6.10. The molecule has 0 radical (unpaired) electrons. The molecule has 6 nitrogen and oxygen atoms in total. The Morgan fingerprint density at radius 1 is 0.667 bits per heavy atom. The van der Waals surface area contributed by atoms with Gasteiger partial charge < -0.3 is 26.6 Å². The average molecular weight is 411 g/mol. The molecule has 0 aliphatic heterocycles. The maximum atomic E-state index is 4.74. The van der Waals surface area contributed by atoms with Gasteiger partial charge in [0.2, 0.25) is 0 Å². The molecule has 1 aliphatic rings. The Kier molecular flexibility index (Phi) is 12.1. The molecule has 2 aromatic carbocycles. The first-order chi connectivity index (χ1) is 13.1.